The van der Waals surface area contributed by atoms with E-state index < -0.39 is 15.1 Å². The second-order valence-electron chi connectivity index (χ2n) is 5.48. The molecule has 1 aromatic carbocycles. The minimum Gasteiger partial charge on any atom is -0.469 e. The predicted molar refractivity (Wildman–Crippen MR) is 79.6 cm³/mol. The van der Waals surface area contributed by atoms with Gasteiger partial charge in [-0.05, 0) is 38.4 Å². The SMILES string of the molecule is COC(=O)[C@H]1CCN[C@H]1c1ccccc1S(=O)(=O)C(C)C. The van der Waals surface area contributed by atoms with Gasteiger partial charge in [-0.1, -0.05) is 18.2 Å². The number of rotatable bonds is 4. The molecule has 0 unspecified atom stereocenters. The second-order valence-corrected chi connectivity index (χ2v) is 7.95. The van der Waals surface area contributed by atoms with Gasteiger partial charge in [-0.15, -0.1) is 0 Å². The maximum absolute atomic E-state index is 12.5. The Morgan fingerprint density at radius 3 is 2.62 bits per heavy atom. The van der Waals surface area contributed by atoms with Crippen molar-refractivity contribution in [2.24, 2.45) is 5.92 Å². The number of esters is 1. The van der Waals surface area contributed by atoms with E-state index in [1.807, 2.05) is 0 Å². The van der Waals surface area contributed by atoms with Gasteiger partial charge in [0.05, 0.1) is 23.2 Å². The molecule has 21 heavy (non-hydrogen) atoms. The van der Waals surface area contributed by atoms with Crippen molar-refractivity contribution in [3.63, 3.8) is 0 Å². The van der Waals surface area contributed by atoms with Crippen molar-refractivity contribution in [2.45, 2.75) is 36.5 Å². The van der Waals surface area contributed by atoms with Crippen LogP contribution >= 0.6 is 0 Å². The molecule has 0 aromatic heterocycles. The number of sulfone groups is 1. The molecule has 0 saturated carbocycles. The Bertz CT molecular complexity index is 624. The van der Waals surface area contributed by atoms with Crippen LogP contribution in [0.15, 0.2) is 29.2 Å². The molecule has 2 atom stereocenters. The number of hydrogen-bond donors (Lipinski definition) is 1. The van der Waals surface area contributed by atoms with Crippen LogP contribution in [0.2, 0.25) is 0 Å². The van der Waals surface area contributed by atoms with Crippen LogP contribution in [-0.4, -0.2) is 33.3 Å². The average Bonchev–Trinajstić information content (AvgIpc) is 2.95. The van der Waals surface area contributed by atoms with Crippen molar-refractivity contribution in [1.29, 1.82) is 0 Å². The standard InChI is InChI=1S/C15H21NO4S/c1-10(2)21(18,19)13-7-5-4-6-11(13)14-12(8-9-16-14)15(17)20-3/h4-7,10,12,14,16H,8-9H2,1-3H3/t12-,14-/m0/s1. The van der Waals surface area contributed by atoms with Crippen LogP contribution in [0.4, 0.5) is 0 Å². The molecule has 1 aromatic rings. The zero-order valence-corrected chi connectivity index (χ0v) is 13.3. The fourth-order valence-electron chi connectivity index (χ4n) is 2.69. The molecule has 0 spiro atoms. The lowest BCUT2D eigenvalue weighted by Gasteiger charge is -2.21. The van der Waals surface area contributed by atoms with Crippen LogP contribution in [0.25, 0.3) is 0 Å². The molecule has 1 fully saturated rings. The number of nitrogens with one attached hydrogen (secondary N) is 1. The van der Waals surface area contributed by atoms with Crippen LogP contribution in [0.5, 0.6) is 0 Å². The van der Waals surface area contributed by atoms with Crippen molar-refractivity contribution in [3.05, 3.63) is 29.8 Å². The predicted octanol–water partition coefficient (Wildman–Crippen LogP) is 1.69. The summed E-state index contributed by atoms with van der Waals surface area (Å²) in [4.78, 5) is 12.2. The van der Waals surface area contributed by atoms with Crippen LogP contribution in [0, 0.1) is 5.92 Å². The average molecular weight is 311 g/mol. The maximum atomic E-state index is 12.5. The van der Waals surface area contributed by atoms with Crippen molar-refractivity contribution in [3.8, 4) is 0 Å². The molecule has 1 N–H and O–H groups in total. The third-order valence-corrected chi connectivity index (χ3v) is 6.13. The Hall–Kier alpha value is -1.40. The summed E-state index contributed by atoms with van der Waals surface area (Å²) in [7, 11) is -2.04. The molecule has 1 aliphatic rings. The summed E-state index contributed by atoms with van der Waals surface area (Å²) < 4.78 is 29.9. The van der Waals surface area contributed by atoms with E-state index in [2.05, 4.69) is 5.32 Å². The van der Waals surface area contributed by atoms with Gasteiger partial charge in [0.25, 0.3) is 0 Å². The van der Waals surface area contributed by atoms with Gasteiger partial charge in [0.1, 0.15) is 0 Å². The first-order valence-electron chi connectivity index (χ1n) is 7.03. The summed E-state index contributed by atoms with van der Waals surface area (Å²) in [6.45, 7) is 3.98. The number of ether oxygens (including phenoxy) is 1. The first-order chi connectivity index (χ1) is 9.89. The lowest BCUT2D eigenvalue weighted by atomic mass is 9.94. The largest absolute Gasteiger partial charge is 0.469 e. The van der Waals surface area contributed by atoms with Gasteiger partial charge in [0, 0.05) is 6.04 Å². The highest BCUT2D eigenvalue weighted by molar-refractivity contribution is 7.92. The molecule has 1 aliphatic heterocycles. The maximum Gasteiger partial charge on any atom is 0.310 e. The zero-order valence-electron chi connectivity index (χ0n) is 12.5. The van der Waals surface area contributed by atoms with Crippen molar-refractivity contribution in [2.75, 3.05) is 13.7 Å². The first-order valence-corrected chi connectivity index (χ1v) is 8.58. The van der Waals surface area contributed by atoms with Gasteiger partial charge in [-0.2, -0.15) is 0 Å². The molecule has 1 heterocycles. The molecule has 2 rings (SSSR count). The number of carbonyl (C=O) groups is 1. The van der Waals surface area contributed by atoms with E-state index in [4.69, 9.17) is 4.74 Å². The lowest BCUT2D eigenvalue weighted by molar-refractivity contribution is -0.145. The monoisotopic (exact) mass is 311 g/mol. The van der Waals surface area contributed by atoms with Crippen LogP contribution in [0.3, 0.4) is 0 Å². The van der Waals surface area contributed by atoms with Gasteiger partial charge in [-0.3, -0.25) is 4.79 Å². The Labute approximate surface area is 125 Å². The number of hydrogen-bond acceptors (Lipinski definition) is 5. The fraction of sp³-hybridized carbons (Fsp3) is 0.533. The van der Waals surface area contributed by atoms with Crippen LogP contribution in [0.1, 0.15) is 31.9 Å². The van der Waals surface area contributed by atoms with Gasteiger partial charge < -0.3 is 10.1 Å². The van der Waals surface area contributed by atoms with Gasteiger partial charge in [0.15, 0.2) is 9.84 Å². The molecule has 0 radical (unpaired) electrons. The smallest absolute Gasteiger partial charge is 0.310 e. The van der Waals surface area contributed by atoms with Crippen LogP contribution < -0.4 is 5.32 Å². The Balaban J connectivity index is 2.48. The van der Waals surface area contributed by atoms with Gasteiger partial charge in [-0.25, -0.2) is 8.42 Å². The number of methoxy groups -OCH3 is 1. The third kappa shape index (κ3) is 2.96. The second kappa shape index (κ2) is 6.15. The Kier molecular flexibility index (Phi) is 4.68. The molecular weight excluding hydrogens is 290 g/mol. The summed E-state index contributed by atoms with van der Waals surface area (Å²) >= 11 is 0. The molecular formula is C15H21NO4S. The fourth-order valence-corrected chi connectivity index (χ4v) is 3.99. The topological polar surface area (TPSA) is 72.5 Å². The van der Waals surface area contributed by atoms with Crippen molar-refractivity contribution >= 4 is 15.8 Å². The summed E-state index contributed by atoms with van der Waals surface area (Å²) in [6.07, 6.45) is 0.646. The van der Waals surface area contributed by atoms with Gasteiger partial charge >= 0.3 is 5.97 Å². The third-order valence-electron chi connectivity index (χ3n) is 3.91. The van der Waals surface area contributed by atoms with E-state index >= 15 is 0 Å². The highest BCUT2D eigenvalue weighted by Crippen LogP contribution is 2.35. The van der Waals surface area contributed by atoms with Crippen molar-refractivity contribution in [1.82, 2.24) is 5.32 Å². The molecule has 5 nitrogen and oxygen atoms in total. The minimum atomic E-state index is -3.39. The molecule has 0 aliphatic carbocycles. The Morgan fingerprint density at radius 1 is 1.33 bits per heavy atom. The zero-order chi connectivity index (χ0) is 15.6. The highest BCUT2D eigenvalue weighted by Gasteiger charge is 2.37. The summed E-state index contributed by atoms with van der Waals surface area (Å²) in [5.74, 6) is -0.653. The molecule has 0 amide bonds. The summed E-state index contributed by atoms with van der Waals surface area (Å²) in [5.41, 5.74) is 0.652. The van der Waals surface area contributed by atoms with E-state index in [-0.39, 0.29) is 17.9 Å². The Morgan fingerprint density at radius 2 is 2.00 bits per heavy atom. The van der Waals surface area contributed by atoms with E-state index in [9.17, 15) is 13.2 Å². The van der Waals surface area contributed by atoms with E-state index in [1.54, 1.807) is 38.1 Å². The molecule has 116 valence electrons. The molecule has 6 heteroatoms. The number of benzene rings is 1. The quantitative estimate of drug-likeness (QED) is 0.857. The molecule has 1 saturated heterocycles. The first kappa shape index (κ1) is 16.0. The van der Waals surface area contributed by atoms with Gasteiger partial charge in [0.2, 0.25) is 0 Å². The lowest BCUT2D eigenvalue weighted by Crippen LogP contribution is -2.27. The normalized spacial score (nSPS) is 22.5. The minimum absolute atomic E-state index is 0.299. The van der Waals surface area contributed by atoms with Crippen LogP contribution in [-0.2, 0) is 19.4 Å². The summed E-state index contributed by atoms with van der Waals surface area (Å²) in [6, 6.07) is 6.57. The highest BCUT2D eigenvalue weighted by atomic mass is 32.2. The van der Waals surface area contributed by atoms with E-state index in [0.717, 1.165) is 0 Å². The summed E-state index contributed by atoms with van der Waals surface area (Å²) in [5, 5.41) is 2.72. The molecule has 0 bridgehead atoms. The van der Waals surface area contributed by atoms with E-state index in [1.165, 1.54) is 7.11 Å². The van der Waals surface area contributed by atoms with Crippen molar-refractivity contribution < 1.29 is 17.9 Å². The van der Waals surface area contributed by atoms with E-state index in [0.29, 0.717) is 23.4 Å². The number of carbonyl (C=O) groups excluding carboxylic acids is 1.